The molecule has 3 aromatic carbocycles. The molecule has 0 bridgehead atoms. The van der Waals surface area contributed by atoms with Crippen molar-refractivity contribution in [3.63, 3.8) is 0 Å². The van der Waals surface area contributed by atoms with E-state index in [1.807, 2.05) is 36.4 Å². The van der Waals surface area contributed by atoms with Crippen molar-refractivity contribution in [2.75, 3.05) is 0 Å². The predicted molar refractivity (Wildman–Crippen MR) is 140 cm³/mol. The minimum atomic E-state index is 0.134. The van der Waals surface area contributed by atoms with Crippen LogP contribution in [0.15, 0.2) is 66.7 Å². The van der Waals surface area contributed by atoms with Crippen molar-refractivity contribution >= 4 is 0 Å². The zero-order valence-electron chi connectivity index (χ0n) is 21.0. The molecule has 0 amide bonds. The first-order valence-corrected chi connectivity index (χ1v) is 11.7. The van der Waals surface area contributed by atoms with Crippen molar-refractivity contribution in [3.8, 4) is 18.1 Å². The van der Waals surface area contributed by atoms with Crippen LogP contribution in [-0.2, 0) is 30.5 Å². The number of hydrogen-bond acceptors (Lipinski definition) is 2. The highest BCUT2D eigenvalue weighted by Gasteiger charge is 2.20. The van der Waals surface area contributed by atoms with Crippen LogP contribution < -0.4 is 10.1 Å². The van der Waals surface area contributed by atoms with Gasteiger partial charge in [-0.25, -0.2) is 0 Å². The minimum Gasteiger partial charge on any atom is -0.489 e. The number of hydrogen-bond donors (Lipinski definition) is 1. The molecule has 33 heavy (non-hydrogen) atoms. The van der Waals surface area contributed by atoms with Gasteiger partial charge in [-0.3, -0.25) is 0 Å². The molecule has 0 radical (unpaired) electrons. The maximum atomic E-state index is 5.91. The summed E-state index contributed by atoms with van der Waals surface area (Å²) in [5.41, 5.74) is 7.61. The van der Waals surface area contributed by atoms with Gasteiger partial charge in [0.25, 0.3) is 0 Å². The molecular formula is C31H37NO. The Morgan fingerprint density at radius 3 is 1.73 bits per heavy atom. The predicted octanol–water partition coefficient (Wildman–Crippen LogP) is 7.13. The van der Waals surface area contributed by atoms with E-state index in [0.29, 0.717) is 6.61 Å². The van der Waals surface area contributed by atoms with Gasteiger partial charge in [-0.05, 0) is 62.9 Å². The van der Waals surface area contributed by atoms with Gasteiger partial charge in [0, 0.05) is 18.7 Å². The minimum absolute atomic E-state index is 0.134. The maximum absolute atomic E-state index is 5.91. The highest BCUT2D eigenvalue weighted by atomic mass is 16.5. The second kappa shape index (κ2) is 10.3. The maximum Gasteiger partial charge on any atom is 0.119 e. The first-order valence-electron chi connectivity index (χ1n) is 11.7. The van der Waals surface area contributed by atoms with Gasteiger partial charge in [-0.1, -0.05) is 89.9 Å². The molecule has 2 nitrogen and oxygen atoms in total. The smallest absolute Gasteiger partial charge is 0.119 e. The SMILES string of the molecule is C#Cc1ccc(COc2ccc(CNCc3cc(C(C)(C)C)cc(C(C)(C)C)c3)cc2)cc1. The largest absolute Gasteiger partial charge is 0.489 e. The second-order valence-corrected chi connectivity index (χ2v) is 10.8. The molecule has 0 aliphatic rings. The van der Waals surface area contributed by atoms with Crippen LogP contribution in [-0.4, -0.2) is 0 Å². The van der Waals surface area contributed by atoms with E-state index in [4.69, 9.17) is 11.2 Å². The zero-order chi connectivity index (χ0) is 24.1. The Balaban J connectivity index is 1.56. The van der Waals surface area contributed by atoms with Crippen LogP contribution in [0.4, 0.5) is 0 Å². The Bertz CT molecular complexity index is 1060. The Morgan fingerprint density at radius 2 is 1.21 bits per heavy atom. The van der Waals surface area contributed by atoms with E-state index in [1.54, 1.807) is 0 Å². The molecule has 0 aliphatic carbocycles. The summed E-state index contributed by atoms with van der Waals surface area (Å²) in [6.45, 7) is 15.9. The van der Waals surface area contributed by atoms with Crippen LogP contribution in [0.3, 0.4) is 0 Å². The molecule has 0 fully saturated rings. The number of terminal acetylenes is 1. The van der Waals surface area contributed by atoms with E-state index in [9.17, 15) is 0 Å². The normalized spacial score (nSPS) is 11.8. The first kappa shape index (κ1) is 24.6. The Labute approximate surface area is 200 Å². The second-order valence-electron chi connectivity index (χ2n) is 10.8. The monoisotopic (exact) mass is 439 g/mol. The first-order chi connectivity index (χ1) is 15.5. The molecule has 172 valence electrons. The third-order valence-corrected chi connectivity index (χ3v) is 5.83. The fraction of sp³-hybridized carbons (Fsp3) is 0.355. The Kier molecular flexibility index (Phi) is 7.67. The quantitative estimate of drug-likeness (QED) is 0.395. The van der Waals surface area contributed by atoms with Crippen molar-refractivity contribution in [3.05, 3.63) is 100 Å². The van der Waals surface area contributed by atoms with Crippen molar-refractivity contribution in [2.45, 2.75) is 72.1 Å². The highest BCUT2D eigenvalue weighted by molar-refractivity contribution is 5.38. The van der Waals surface area contributed by atoms with Crippen LogP contribution in [0.2, 0.25) is 0 Å². The number of nitrogens with one attached hydrogen (secondary N) is 1. The van der Waals surface area contributed by atoms with Crippen LogP contribution in [0.5, 0.6) is 5.75 Å². The summed E-state index contributed by atoms with van der Waals surface area (Å²) >= 11 is 0. The lowest BCUT2D eigenvalue weighted by Gasteiger charge is -2.26. The molecule has 0 aliphatic heterocycles. The van der Waals surface area contributed by atoms with Gasteiger partial charge in [-0.2, -0.15) is 0 Å². The summed E-state index contributed by atoms with van der Waals surface area (Å²) in [7, 11) is 0. The van der Waals surface area contributed by atoms with Crippen LogP contribution in [0.25, 0.3) is 0 Å². The number of benzene rings is 3. The fourth-order valence-corrected chi connectivity index (χ4v) is 3.58. The number of ether oxygens (including phenoxy) is 1. The van der Waals surface area contributed by atoms with Gasteiger partial charge in [0.05, 0.1) is 0 Å². The lowest BCUT2D eigenvalue weighted by atomic mass is 9.79. The topological polar surface area (TPSA) is 21.3 Å². The summed E-state index contributed by atoms with van der Waals surface area (Å²) in [6.07, 6.45) is 5.41. The molecule has 0 heterocycles. The van der Waals surface area contributed by atoms with Gasteiger partial charge in [0.2, 0.25) is 0 Å². The van der Waals surface area contributed by atoms with Crippen molar-refractivity contribution in [1.82, 2.24) is 5.32 Å². The summed E-state index contributed by atoms with van der Waals surface area (Å²) in [4.78, 5) is 0. The summed E-state index contributed by atoms with van der Waals surface area (Å²) in [6, 6.07) is 23.3. The van der Waals surface area contributed by atoms with E-state index in [-0.39, 0.29) is 10.8 Å². The summed E-state index contributed by atoms with van der Waals surface area (Å²) in [5.74, 6) is 3.50. The number of rotatable bonds is 7. The molecular weight excluding hydrogens is 402 g/mol. The molecule has 0 aromatic heterocycles. The van der Waals surface area contributed by atoms with Gasteiger partial charge in [0.15, 0.2) is 0 Å². The van der Waals surface area contributed by atoms with Crippen LogP contribution in [0.1, 0.15) is 74.9 Å². The molecule has 3 rings (SSSR count). The molecule has 3 aromatic rings. The van der Waals surface area contributed by atoms with Crippen LogP contribution >= 0.6 is 0 Å². The van der Waals surface area contributed by atoms with Crippen molar-refractivity contribution in [2.24, 2.45) is 0 Å². The van der Waals surface area contributed by atoms with E-state index < -0.39 is 0 Å². The molecule has 2 heteroatoms. The zero-order valence-corrected chi connectivity index (χ0v) is 21.0. The van der Waals surface area contributed by atoms with Gasteiger partial charge in [0.1, 0.15) is 12.4 Å². The summed E-state index contributed by atoms with van der Waals surface area (Å²) in [5, 5.41) is 3.61. The van der Waals surface area contributed by atoms with Gasteiger partial charge in [-0.15, -0.1) is 6.42 Å². The average Bonchev–Trinajstić information content (AvgIpc) is 2.77. The lowest BCUT2D eigenvalue weighted by molar-refractivity contribution is 0.306. The van der Waals surface area contributed by atoms with Crippen molar-refractivity contribution < 1.29 is 4.74 Å². The van der Waals surface area contributed by atoms with Crippen LogP contribution in [0, 0.1) is 12.3 Å². The molecule has 0 unspecified atom stereocenters. The average molecular weight is 440 g/mol. The Hall–Kier alpha value is -3.02. The molecule has 0 spiro atoms. The molecule has 0 saturated carbocycles. The Morgan fingerprint density at radius 1 is 0.697 bits per heavy atom. The molecule has 0 saturated heterocycles. The summed E-state index contributed by atoms with van der Waals surface area (Å²) < 4.78 is 5.91. The lowest BCUT2D eigenvalue weighted by Crippen LogP contribution is -2.19. The van der Waals surface area contributed by atoms with E-state index in [1.165, 1.54) is 22.3 Å². The molecule has 1 N–H and O–H groups in total. The highest BCUT2D eigenvalue weighted by Crippen LogP contribution is 2.30. The fourth-order valence-electron chi connectivity index (χ4n) is 3.58. The van der Waals surface area contributed by atoms with E-state index >= 15 is 0 Å². The van der Waals surface area contributed by atoms with Gasteiger partial charge >= 0.3 is 0 Å². The van der Waals surface area contributed by atoms with Gasteiger partial charge < -0.3 is 10.1 Å². The third-order valence-electron chi connectivity index (χ3n) is 5.83. The van der Waals surface area contributed by atoms with E-state index in [2.05, 4.69) is 83.1 Å². The van der Waals surface area contributed by atoms with Crippen molar-refractivity contribution in [1.29, 1.82) is 0 Å². The standard InChI is InChI=1S/C31H37NO/c1-8-23-9-11-25(12-10-23)22-33-29-15-13-24(14-16-29)20-32-21-26-17-27(30(2,3)4)19-28(18-26)31(5,6)7/h1,9-19,32H,20-22H2,2-7H3. The third kappa shape index (κ3) is 7.24. The van der Waals surface area contributed by atoms with E-state index in [0.717, 1.165) is 30.0 Å². The molecule has 0 atom stereocenters.